The first-order valence-corrected chi connectivity index (χ1v) is 4.08. The lowest BCUT2D eigenvalue weighted by molar-refractivity contribution is 0.00525. The third-order valence-electron chi connectivity index (χ3n) is 2.41. The molecule has 1 heterocycles. The maximum absolute atomic E-state index is 5.48. The average Bonchev–Trinajstić information content (AvgIpc) is 2.05. The highest BCUT2D eigenvalue weighted by atomic mass is 16.5. The summed E-state index contributed by atoms with van der Waals surface area (Å²) in [4.78, 5) is 4.11. The van der Waals surface area contributed by atoms with Crippen molar-refractivity contribution in [3.63, 3.8) is 0 Å². The molecule has 56 valence electrons. The third kappa shape index (κ3) is 1.08. The lowest BCUT2D eigenvalue weighted by atomic mass is 9.87. The van der Waals surface area contributed by atoms with Gasteiger partial charge in [-0.25, -0.2) is 0 Å². The quantitative estimate of drug-likeness (QED) is 0.499. The van der Waals surface area contributed by atoms with Crippen LogP contribution < -0.4 is 0 Å². The first-order valence-electron chi connectivity index (χ1n) is 4.08. The molecule has 1 aliphatic carbocycles. The first-order chi connectivity index (χ1) is 4.97. The average molecular weight is 139 g/mol. The second kappa shape index (κ2) is 2.70. The van der Waals surface area contributed by atoms with Gasteiger partial charge in [0.1, 0.15) is 6.73 Å². The van der Waals surface area contributed by atoms with E-state index in [1.54, 1.807) is 0 Å². The summed E-state index contributed by atoms with van der Waals surface area (Å²) in [6, 6.07) is 0. The van der Waals surface area contributed by atoms with Crippen molar-refractivity contribution in [3.05, 3.63) is 0 Å². The predicted octanol–water partition coefficient (Wildman–Crippen LogP) is 1.60. The van der Waals surface area contributed by atoms with Gasteiger partial charge in [0.2, 0.25) is 0 Å². The van der Waals surface area contributed by atoms with Crippen molar-refractivity contribution in [1.82, 2.24) is 0 Å². The summed E-state index contributed by atoms with van der Waals surface area (Å²) in [7, 11) is 0. The molecule has 10 heavy (non-hydrogen) atoms. The van der Waals surface area contributed by atoms with E-state index in [9.17, 15) is 0 Å². The Balaban J connectivity index is 2.03. The van der Waals surface area contributed by atoms with Crippen LogP contribution in [0.4, 0.5) is 0 Å². The van der Waals surface area contributed by atoms with E-state index in [0.717, 1.165) is 0 Å². The number of hydrogen-bond donors (Lipinski definition) is 0. The Morgan fingerprint density at radius 1 is 1.30 bits per heavy atom. The molecule has 2 atom stereocenters. The smallest absolute Gasteiger partial charge is 0.137 e. The van der Waals surface area contributed by atoms with Crippen molar-refractivity contribution in [1.29, 1.82) is 0 Å². The zero-order valence-corrected chi connectivity index (χ0v) is 6.12. The third-order valence-corrected chi connectivity index (χ3v) is 2.41. The molecule has 0 N–H and O–H groups in total. The van der Waals surface area contributed by atoms with Crippen LogP contribution in [0.2, 0.25) is 0 Å². The number of hydrogen-bond acceptors (Lipinski definition) is 2. The van der Waals surface area contributed by atoms with Crippen LogP contribution in [-0.4, -0.2) is 19.0 Å². The van der Waals surface area contributed by atoms with Crippen molar-refractivity contribution in [2.45, 2.75) is 31.8 Å². The van der Waals surface area contributed by atoms with Gasteiger partial charge in [-0.2, -0.15) is 0 Å². The molecule has 0 radical (unpaired) electrons. The SMILES string of the molecule is C1=NCOC2CCCCC12. The summed E-state index contributed by atoms with van der Waals surface area (Å²) in [6.45, 7) is 0.598. The van der Waals surface area contributed by atoms with E-state index >= 15 is 0 Å². The number of rotatable bonds is 0. The monoisotopic (exact) mass is 139 g/mol. The highest BCUT2D eigenvalue weighted by molar-refractivity contribution is 5.62. The summed E-state index contributed by atoms with van der Waals surface area (Å²) >= 11 is 0. The fourth-order valence-corrected chi connectivity index (χ4v) is 1.82. The molecule has 0 saturated heterocycles. The second-order valence-electron chi connectivity index (χ2n) is 3.11. The summed E-state index contributed by atoms with van der Waals surface area (Å²) in [6.07, 6.45) is 7.83. The Bertz CT molecular complexity index is 144. The van der Waals surface area contributed by atoms with Crippen molar-refractivity contribution < 1.29 is 4.74 Å². The van der Waals surface area contributed by atoms with E-state index in [1.807, 2.05) is 0 Å². The van der Waals surface area contributed by atoms with E-state index in [1.165, 1.54) is 25.7 Å². The van der Waals surface area contributed by atoms with Crippen molar-refractivity contribution in [3.8, 4) is 0 Å². The Hall–Kier alpha value is -0.370. The number of ether oxygens (including phenoxy) is 1. The molecule has 0 amide bonds. The number of aliphatic imine (C=N–C) groups is 1. The molecule has 2 aliphatic rings. The van der Waals surface area contributed by atoms with Crippen molar-refractivity contribution in [2.75, 3.05) is 6.73 Å². The van der Waals surface area contributed by atoms with Gasteiger partial charge in [0.05, 0.1) is 6.10 Å². The zero-order chi connectivity index (χ0) is 6.81. The topological polar surface area (TPSA) is 21.6 Å². The van der Waals surface area contributed by atoms with E-state index in [2.05, 4.69) is 11.2 Å². The van der Waals surface area contributed by atoms with Crippen molar-refractivity contribution >= 4 is 6.21 Å². The summed E-state index contributed by atoms with van der Waals surface area (Å²) in [5, 5.41) is 0. The fourth-order valence-electron chi connectivity index (χ4n) is 1.82. The minimum Gasteiger partial charge on any atom is -0.355 e. The van der Waals surface area contributed by atoms with Crippen LogP contribution >= 0.6 is 0 Å². The van der Waals surface area contributed by atoms with Crippen LogP contribution in [0.25, 0.3) is 0 Å². The van der Waals surface area contributed by atoms with E-state index in [-0.39, 0.29) is 0 Å². The largest absolute Gasteiger partial charge is 0.355 e. The molecule has 0 aromatic rings. The Morgan fingerprint density at radius 3 is 3.10 bits per heavy atom. The van der Waals surface area contributed by atoms with Crippen LogP contribution in [0, 0.1) is 5.92 Å². The zero-order valence-electron chi connectivity index (χ0n) is 6.12. The Kier molecular flexibility index (Phi) is 1.72. The van der Waals surface area contributed by atoms with Crippen LogP contribution in [0.15, 0.2) is 4.99 Å². The summed E-state index contributed by atoms with van der Waals surface area (Å²) in [5.74, 6) is 0.641. The van der Waals surface area contributed by atoms with Crippen LogP contribution in [0.1, 0.15) is 25.7 Å². The molecule has 2 nitrogen and oxygen atoms in total. The van der Waals surface area contributed by atoms with E-state index in [4.69, 9.17) is 4.74 Å². The minimum absolute atomic E-state index is 0.506. The summed E-state index contributed by atoms with van der Waals surface area (Å²) in [5.41, 5.74) is 0. The molecular weight excluding hydrogens is 126 g/mol. The maximum Gasteiger partial charge on any atom is 0.137 e. The fraction of sp³-hybridized carbons (Fsp3) is 0.875. The van der Waals surface area contributed by atoms with E-state index < -0.39 is 0 Å². The standard InChI is InChI=1S/C8H13NO/c1-2-4-8-7(3-1)5-9-6-10-8/h5,7-8H,1-4,6H2. The lowest BCUT2D eigenvalue weighted by Crippen LogP contribution is -2.31. The molecule has 0 spiro atoms. The van der Waals surface area contributed by atoms with Gasteiger partial charge in [0.15, 0.2) is 0 Å². The van der Waals surface area contributed by atoms with Crippen LogP contribution in [-0.2, 0) is 4.74 Å². The Labute approximate surface area is 61.3 Å². The lowest BCUT2D eigenvalue weighted by Gasteiger charge is -2.30. The molecule has 1 fully saturated rings. The molecule has 0 aromatic heterocycles. The van der Waals surface area contributed by atoms with Gasteiger partial charge >= 0.3 is 0 Å². The van der Waals surface area contributed by atoms with Gasteiger partial charge in [-0.1, -0.05) is 12.8 Å². The highest BCUT2D eigenvalue weighted by Gasteiger charge is 2.25. The van der Waals surface area contributed by atoms with Gasteiger partial charge in [0, 0.05) is 12.1 Å². The van der Waals surface area contributed by atoms with Crippen molar-refractivity contribution in [2.24, 2.45) is 10.9 Å². The van der Waals surface area contributed by atoms with Gasteiger partial charge < -0.3 is 4.74 Å². The van der Waals surface area contributed by atoms with Gasteiger partial charge in [0.25, 0.3) is 0 Å². The molecule has 2 heteroatoms. The normalized spacial score (nSPS) is 39.2. The molecular formula is C8H13NO. The van der Waals surface area contributed by atoms with Crippen LogP contribution in [0.5, 0.6) is 0 Å². The number of fused-ring (bicyclic) bond motifs is 1. The molecule has 1 saturated carbocycles. The summed E-state index contributed by atoms with van der Waals surface area (Å²) < 4.78 is 5.48. The molecule has 1 aliphatic heterocycles. The van der Waals surface area contributed by atoms with Gasteiger partial charge in [-0.15, -0.1) is 0 Å². The molecule has 2 rings (SSSR count). The number of nitrogens with zero attached hydrogens (tertiary/aromatic N) is 1. The second-order valence-corrected chi connectivity index (χ2v) is 3.11. The minimum atomic E-state index is 0.506. The molecule has 2 unspecified atom stereocenters. The maximum atomic E-state index is 5.48. The molecule has 0 bridgehead atoms. The van der Waals surface area contributed by atoms with E-state index in [0.29, 0.717) is 18.8 Å². The predicted molar refractivity (Wildman–Crippen MR) is 40.2 cm³/mol. The Morgan fingerprint density at radius 2 is 2.20 bits per heavy atom. The van der Waals surface area contributed by atoms with Gasteiger partial charge in [-0.3, -0.25) is 4.99 Å². The van der Waals surface area contributed by atoms with Gasteiger partial charge in [-0.05, 0) is 12.8 Å². The first kappa shape index (κ1) is 6.35. The van der Waals surface area contributed by atoms with Crippen LogP contribution in [0.3, 0.4) is 0 Å². The molecule has 0 aromatic carbocycles. The highest BCUT2D eigenvalue weighted by Crippen LogP contribution is 2.27.